The topological polar surface area (TPSA) is 70.8 Å². The van der Waals surface area contributed by atoms with E-state index < -0.39 is 5.97 Å². The summed E-state index contributed by atoms with van der Waals surface area (Å²) in [5.74, 6) is -0.734. The third-order valence-corrected chi connectivity index (χ3v) is 3.01. The Kier molecular flexibility index (Phi) is 4.03. The molecular formula is C12H10KN3O2. The van der Waals surface area contributed by atoms with E-state index in [4.69, 9.17) is 0 Å². The number of rotatable bonds is 1. The number of carboxylic acid groups (broad SMARTS) is 1. The first-order valence-corrected chi connectivity index (χ1v) is 5.42. The quantitative estimate of drug-likeness (QED) is 0.518. The Morgan fingerprint density at radius 1 is 1.33 bits per heavy atom. The van der Waals surface area contributed by atoms with Crippen LogP contribution in [0.4, 0.5) is 0 Å². The van der Waals surface area contributed by atoms with E-state index in [2.05, 4.69) is 16.3 Å². The van der Waals surface area contributed by atoms with Gasteiger partial charge in [-0.05, 0) is 25.0 Å². The summed E-state index contributed by atoms with van der Waals surface area (Å²) >= 11 is 0. The number of aromatic carboxylic acids is 1. The molecule has 0 saturated heterocycles. The van der Waals surface area contributed by atoms with Gasteiger partial charge in [0, 0.05) is 6.42 Å². The van der Waals surface area contributed by atoms with E-state index in [0.29, 0.717) is 12.2 Å². The van der Waals surface area contributed by atoms with Gasteiger partial charge in [0.05, 0.1) is 5.69 Å². The van der Waals surface area contributed by atoms with Crippen molar-refractivity contribution < 1.29 is 61.3 Å². The third-order valence-electron chi connectivity index (χ3n) is 3.01. The molecule has 0 atom stereocenters. The van der Waals surface area contributed by atoms with Gasteiger partial charge in [0.2, 0.25) is 0 Å². The summed E-state index contributed by atoms with van der Waals surface area (Å²) in [6.07, 6.45) is 1.57. The fourth-order valence-electron chi connectivity index (χ4n) is 2.24. The van der Waals surface area contributed by atoms with Crippen LogP contribution in [-0.4, -0.2) is 20.7 Å². The third kappa shape index (κ3) is 2.19. The molecule has 0 aliphatic carbocycles. The summed E-state index contributed by atoms with van der Waals surface area (Å²) in [6, 6.07) is 5.92. The van der Waals surface area contributed by atoms with E-state index in [1.165, 1.54) is 0 Å². The average molecular weight is 267 g/mol. The van der Waals surface area contributed by atoms with Crippen molar-refractivity contribution in [3.63, 3.8) is 0 Å². The molecule has 0 spiro atoms. The monoisotopic (exact) mass is 267 g/mol. The summed E-state index contributed by atoms with van der Waals surface area (Å²) in [6.45, 7) is 2.02. The molecule has 2 aromatic rings. The van der Waals surface area contributed by atoms with Gasteiger partial charge < -0.3 is 9.90 Å². The number of carbonyl (C=O) groups is 1. The molecule has 0 N–H and O–H groups in total. The molecule has 0 saturated carbocycles. The van der Waals surface area contributed by atoms with Crippen LogP contribution in [-0.2, 0) is 12.8 Å². The molecule has 5 nitrogen and oxygen atoms in total. The Hall–Kier alpha value is -0.534. The van der Waals surface area contributed by atoms with Gasteiger partial charge in [-0.3, -0.25) is 4.57 Å². The van der Waals surface area contributed by atoms with E-state index >= 15 is 0 Å². The predicted molar refractivity (Wildman–Crippen MR) is 57.8 cm³/mol. The fraction of sp³-hybridized carbons (Fsp3) is 0.250. The van der Waals surface area contributed by atoms with Crippen molar-refractivity contribution in [2.75, 3.05) is 0 Å². The number of carbonyl (C=O) groups excluding carboxylic acids is 1. The minimum absolute atomic E-state index is 0. The molecule has 0 fully saturated rings. The number of nitrogens with zero attached hydrogens (tertiary/aromatic N) is 3. The van der Waals surface area contributed by atoms with Crippen LogP contribution in [0, 0.1) is 6.92 Å². The summed E-state index contributed by atoms with van der Waals surface area (Å²) in [5.41, 5.74) is 3.14. The number of benzene rings is 1. The van der Waals surface area contributed by atoms with Crippen LogP contribution in [0.25, 0.3) is 5.69 Å². The second-order valence-electron chi connectivity index (χ2n) is 4.19. The zero-order chi connectivity index (χ0) is 12.0. The van der Waals surface area contributed by atoms with Crippen LogP contribution in [0.3, 0.4) is 0 Å². The maximum absolute atomic E-state index is 11.0. The molecule has 1 aromatic carbocycles. The van der Waals surface area contributed by atoms with Gasteiger partial charge in [0.25, 0.3) is 0 Å². The summed E-state index contributed by atoms with van der Waals surface area (Å²) in [5, 5.41) is 18.5. The first-order valence-electron chi connectivity index (χ1n) is 5.42. The minimum Gasteiger partial charge on any atom is -0.541 e. The number of hydrogen-bond acceptors (Lipinski definition) is 4. The van der Waals surface area contributed by atoms with Crippen LogP contribution in [0.2, 0.25) is 0 Å². The van der Waals surface area contributed by atoms with Gasteiger partial charge in [0.1, 0.15) is 11.8 Å². The molecule has 0 unspecified atom stereocenters. The Bertz CT molecular complexity index is 622. The van der Waals surface area contributed by atoms with Crippen molar-refractivity contribution in [2.45, 2.75) is 19.8 Å². The van der Waals surface area contributed by atoms with E-state index in [1.54, 1.807) is 4.57 Å². The molecule has 0 bridgehead atoms. The van der Waals surface area contributed by atoms with Gasteiger partial charge >= 0.3 is 51.4 Å². The van der Waals surface area contributed by atoms with Crippen molar-refractivity contribution in [2.24, 2.45) is 0 Å². The number of fused-ring (bicyclic) bond motifs is 3. The zero-order valence-electron chi connectivity index (χ0n) is 10.3. The van der Waals surface area contributed by atoms with Crippen molar-refractivity contribution in [3.8, 4) is 5.69 Å². The van der Waals surface area contributed by atoms with Crippen molar-refractivity contribution in [1.82, 2.24) is 14.8 Å². The zero-order valence-corrected chi connectivity index (χ0v) is 13.4. The van der Waals surface area contributed by atoms with E-state index in [-0.39, 0.29) is 57.2 Å². The summed E-state index contributed by atoms with van der Waals surface area (Å²) < 4.78 is 1.58. The Morgan fingerprint density at radius 2 is 2.11 bits per heavy atom. The van der Waals surface area contributed by atoms with Gasteiger partial charge in [-0.2, -0.15) is 0 Å². The molecule has 3 rings (SSSR count). The van der Waals surface area contributed by atoms with E-state index in [9.17, 15) is 9.90 Å². The smallest absolute Gasteiger partial charge is 0.541 e. The van der Waals surface area contributed by atoms with Crippen LogP contribution in [0.1, 0.15) is 27.6 Å². The fourth-order valence-corrected chi connectivity index (χ4v) is 2.24. The molecule has 1 aromatic heterocycles. The first kappa shape index (κ1) is 13.9. The normalized spacial score (nSPS) is 12.3. The average Bonchev–Trinajstić information content (AvgIpc) is 2.72. The second kappa shape index (κ2) is 5.22. The van der Waals surface area contributed by atoms with Gasteiger partial charge in [0.15, 0.2) is 5.82 Å². The van der Waals surface area contributed by atoms with Gasteiger partial charge in [-0.15, -0.1) is 10.2 Å². The number of hydrogen-bond donors (Lipinski definition) is 0. The molecule has 0 amide bonds. The van der Waals surface area contributed by atoms with Crippen LogP contribution < -0.4 is 56.5 Å². The number of aryl methyl sites for hydroxylation is 3. The Labute approximate surface area is 147 Å². The van der Waals surface area contributed by atoms with Gasteiger partial charge in [-0.1, -0.05) is 17.7 Å². The van der Waals surface area contributed by atoms with E-state index in [0.717, 1.165) is 23.2 Å². The molecule has 86 valence electrons. The molecule has 0 radical (unpaired) electrons. The molecular weight excluding hydrogens is 257 g/mol. The van der Waals surface area contributed by atoms with Gasteiger partial charge in [-0.25, -0.2) is 0 Å². The Balaban J connectivity index is 0.00000120. The van der Waals surface area contributed by atoms with Crippen LogP contribution >= 0.6 is 0 Å². The molecule has 6 heteroatoms. The molecule has 1 aliphatic rings. The second-order valence-corrected chi connectivity index (χ2v) is 4.19. The summed E-state index contributed by atoms with van der Waals surface area (Å²) in [4.78, 5) is 11.0. The summed E-state index contributed by atoms with van der Waals surface area (Å²) in [7, 11) is 0. The molecule has 2 heterocycles. The largest absolute Gasteiger partial charge is 1.00 e. The standard InChI is InChI=1S/C12H11N3O2.K/c1-7-2-4-9-8(6-7)3-5-10-13-14-11(12(16)17)15(9)10;/h2,4,6H,3,5H2,1H3,(H,16,17);/q;+1/p-1. The molecule has 18 heavy (non-hydrogen) atoms. The SMILES string of the molecule is Cc1ccc2c(c1)CCc1nnc(C(=O)[O-])n1-2.[K+]. The van der Waals surface area contributed by atoms with Crippen molar-refractivity contribution in [3.05, 3.63) is 41.0 Å². The number of aromatic nitrogens is 3. The minimum atomic E-state index is -1.29. The maximum Gasteiger partial charge on any atom is 1.00 e. The van der Waals surface area contributed by atoms with Crippen molar-refractivity contribution in [1.29, 1.82) is 0 Å². The van der Waals surface area contributed by atoms with Crippen molar-refractivity contribution >= 4 is 5.97 Å². The first-order chi connectivity index (χ1) is 8.16. The number of carboxylic acids is 1. The van der Waals surface area contributed by atoms with E-state index in [1.807, 2.05) is 19.1 Å². The Morgan fingerprint density at radius 3 is 2.83 bits per heavy atom. The molecule has 1 aliphatic heterocycles. The van der Waals surface area contributed by atoms with Crippen LogP contribution in [0.5, 0.6) is 0 Å². The predicted octanol–water partition coefficient (Wildman–Crippen LogP) is -2.96. The van der Waals surface area contributed by atoms with Crippen LogP contribution in [0.15, 0.2) is 18.2 Å². The maximum atomic E-state index is 11.0.